The Morgan fingerprint density at radius 3 is 2.49 bits per heavy atom. The second-order valence-corrected chi connectivity index (χ2v) is 8.62. The molecular weight excluding hydrogens is 489 g/mol. The molecule has 37 heavy (non-hydrogen) atoms. The van der Waals surface area contributed by atoms with E-state index in [1.54, 1.807) is 17.1 Å². The maximum absolute atomic E-state index is 13.9. The third kappa shape index (κ3) is 4.99. The number of amides is 4. The van der Waals surface area contributed by atoms with Crippen LogP contribution in [0.3, 0.4) is 0 Å². The number of benzene rings is 2. The van der Waals surface area contributed by atoms with Crippen LogP contribution in [-0.2, 0) is 15.8 Å². The van der Waals surface area contributed by atoms with Gasteiger partial charge >= 0.3 is 12.2 Å². The monoisotopic (exact) mass is 512 g/mol. The standard InChI is InChI=1S/C25H23F3N6O3/c1-2-10-32-13-19-21(23(36)31-32)22(16-8-6-15(12-29)7-9-16)33(14-20(30)35)24(37)34(19)18-5-3-4-17(11-18)25(26,27)28/h3-9,11,22H,2,10,13-14H2,1H3,(H2,30,35)(H,31,36). The quantitative estimate of drug-likeness (QED) is 0.616. The first-order chi connectivity index (χ1) is 17.5. The van der Waals surface area contributed by atoms with Gasteiger partial charge in [0, 0.05) is 6.54 Å². The topological polar surface area (TPSA) is 123 Å². The molecule has 1 atom stereocenters. The van der Waals surface area contributed by atoms with E-state index in [-0.39, 0.29) is 23.5 Å². The highest BCUT2D eigenvalue weighted by molar-refractivity contribution is 6.06. The highest BCUT2D eigenvalue weighted by atomic mass is 19.4. The van der Waals surface area contributed by atoms with Crippen LogP contribution in [0.2, 0.25) is 0 Å². The maximum atomic E-state index is 13.9. The van der Waals surface area contributed by atoms with Crippen molar-refractivity contribution in [2.45, 2.75) is 25.6 Å². The summed E-state index contributed by atoms with van der Waals surface area (Å²) in [5, 5.41) is 10.7. The van der Waals surface area contributed by atoms with E-state index in [1.807, 2.05) is 13.0 Å². The van der Waals surface area contributed by atoms with Crippen LogP contribution in [-0.4, -0.2) is 47.4 Å². The van der Waals surface area contributed by atoms with Gasteiger partial charge in [-0.2, -0.15) is 18.4 Å². The Labute approximate surface area is 210 Å². The summed E-state index contributed by atoms with van der Waals surface area (Å²) < 4.78 is 40.5. The zero-order chi connectivity index (χ0) is 26.9. The van der Waals surface area contributed by atoms with Gasteiger partial charge in [-0.05, 0) is 42.3 Å². The number of nitriles is 1. The number of primary amides is 1. The number of carbonyl (C=O) groups is 3. The number of urea groups is 1. The molecule has 2 aliphatic rings. The number of rotatable bonds is 6. The van der Waals surface area contributed by atoms with Crippen molar-refractivity contribution >= 4 is 23.5 Å². The highest BCUT2D eigenvalue weighted by Crippen LogP contribution is 2.42. The summed E-state index contributed by atoms with van der Waals surface area (Å²) in [7, 11) is 0. The van der Waals surface area contributed by atoms with Crippen molar-refractivity contribution in [2.24, 2.45) is 5.73 Å². The summed E-state index contributed by atoms with van der Waals surface area (Å²) in [6.45, 7) is 1.76. The van der Waals surface area contributed by atoms with Crippen molar-refractivity contribution in [3.8, 4) is 6.07 Å². The lowest BCUT2D eigenvalue weighted by Gasteiger charge is -2.46. The van der Waals surface area contributed by atoms with Crippen LogP contribution in [0.1, 0.15) is 36.1 Å². The van der Waals surface area contributed by atoms with Crippen LogP contribution in [0, 0.1) is 11.3 Å². The number of carbonyl (C=O) groups excluding carboxylic acids is 3. The number of nitrogens with zero attached hydrogens (tertiary/aromatic N) is 4. The molecule has 3 N–H and O–H groups in total. The zero-order valence-electron chi connectivity index (χ0n) is 19.7. The highest BCUT2D eigenvalue weighted by Gasteiger charge is 2.47. The molecular formula is C25H23F3N6O3. The minimum atomic E-state index is -4.66. The van der Waals surface area contributed by atoms with Crippen LogP contribution in [0.15, 0.2) is 59.8 Å². The van der Waals surface area contributed by atoms with E-state index in [1.165, 1.54) is 24.3 Å². The molecule has 0 saturated heterocycles. The molecule has 0 saturated carbocycles. The van der Waals surface area contributed by atoms with Crippen LogP contribution in [0.4, 0.5) is 23.7 Å². The number of hydrogen-bond donors (Lipinski definition) is 2. The summed E-state index contributed by atoms with van der Waals surface area (Å²) in [4.78, 5) is 41.4. The SMILES string of the molecule is CCCN1CC2=C(C(=O)N1)C(c1ccc(C#N)cc1)N(CC(N)=O)C(=O)N2c1cccc(C(F)(F)F)c1. The van der Waals surface area contributed by atoms with Crippen LogP contribution in [0.5, 0.6) is 0 Å². The average Bonchev–Trinajstić information content (AvgIpc) is 2.84. The molecule has 2 heterocycles. The fourth-order valence-electron chi connectivity index (χ4n) is 4.53. The van der Waals surface area contributed by atoms with E-state index in [2.05, 4.69) is 5.43 Å². The van der Waals surface area contributed by atoms with Crippen molar-refractivity contribution in [1.82, 2.24) is 15.3 Å². The Morgan fingerprint density at radius 2 is 1.89 bits per heavy atom. The molecule has 192 valence electrons. The van der Waals surface area contributed by atoms with Gasteiger partial charge < -0.3 is 10.6 Å². The first-order valence-corrected chi connectivity index (χ1v) is 11.4. The lowest BCUT2D eigenvalue weighted by molar-refractivity contribution is -0.137. The van der Waals surface area contributed by atoms with Crippen molar-refractivity contribution in [2.75, 3.05) is 24.5 Å². The number of hydrogen-bond acceptors (Lipinski definition) is 5. The average molecular weight is 512 g/mol. The molecule has 12 heteroatoms. The molecule has 2 aromatic carbocycles. The molecule has 0 aromatic heterocycles. The fraction of sp³-hybridized carbons (Fsp3) is 0.280. The minimum Gasteiger partial charge on any atom is -0.368 e. The smallest absolute Gasteiger partial charge is 0.368 e. The molecule has 2 aromatic rings. The molecule has 4 rings (SSSR count). The van der Waals surface area contributed by atoms with E-state index in [9.17, 15) is 27.6 Å². The van der Waals surface area contributed by atoms with E-state index in [0.29, 0.717) is 24.1 Å². The fourth-order valence-corrected chi connectivity index (χ4v) is 4.53. The second kappa shape index (κ2) is 9.94. The summed E-state index contributed by atoms with van der Waals surface area (Å²) in [5.74, 6) is -1.44. The molecule has 0 spiro atoms. The third-order valence-electron chi connectivity index (χ3n) is 6.05. The van der Waals surface area contributed by atoms with E-state index >= 15 is 0 Å². The van der Waals surface area contributed by atoms with E-state index in [4.69, 9.17) is 11.0 Å². The number of nitrogens with two attached hydrogens (primary N) is 1. The summed E-state index contributed by atoms with van der Waals surface area (Å²) >= 11 is 0. The predicted molar refractivity (Wildman–Crippen MR) is 126 cm³/mol. The molecule has 0 bridgehead atoms. The molecule has 1 unspecified atom stereocenters. The van der Waals surface area contributed by atoms with Gasteiger partial charge in [0.2, 0.25) is 5.91 Å². The van der Waals surface area contributed by atoms with Crippen LogP contribution >= 0.6 is 0 Å². The van der Waals surface area contributed by atoms with Gasteiger partial charge in [0.25, 0.3) is 5.91 Å². The second-order valence-electron chi connectivity index (χ2n) is 8.62. The Balaban J connectivity index is 1.96. The number of hydrazine groups is 1. The number of halogens is 3. The maximum Gasteiger partial charge on any atom is 0.416 e. The molecule has 0 aliphatic carbocycles. The lowest BCUT2D eigenvalue weighted by Crippen LogP contribution is -2.60. The van der Waals surface area contributed by atoms with Gasteiger partial charge in [0.1, 0.15) is 6.54 Å². The Bertz CT molecular complexity index is 1320. The molecule has 2 aliphatic heterocycles. The largest absolute Gasteiger partial charge is 0.416 e. The molecule has 0 radical (unpaired) electrons. The summed E-state index contributed by atoms with van der Waals surface area (Å²) in [6, 6.07) is 10.4. The Kier molecular flexibility index (Phi) is 6.91. The summed E-state index contributed by atoms with van der Waals surface area (Å²) in [5.41, 5.74) is 8.18. The van der Waals surface area contributed by atoms with Gasteiger partial charge in [0.05, 0.1) is 46.7 Å². The number of alkyl halides is 3. The van der Waals surface area contributed by atoms with Gasteiger partial charge in [-0.25, -0.2) is 9.80 Å². The van der Waals surface area contributed by atoms with Gasteiger partial charge in [-0.15, -0.1) is 0 Å². The van der Waals surface area contributed by atoms with Crippen LogP contribution < -0.4 is 16.1 Å². The minimum absolute atomic E-state index is 0.0358. The predicted octanol–water partition coefficient (Wildman–Crippen LogP) is 3.06. The summed E-state index contributed by atoms with van der Waals surface area (Å²) in [6.07, 6.45) is -4.00. The lowest BCUT2D eigenvalue weighted by atomic mass is 9.90. The first-order valence-electron chi connectivity index (χ1n) is 11.4. The van der Waals surface area contributed by atoms with E-state index < -0.39 is 42.2 Å². The number of nitrogens with one attached hydrogen (secondary N) is 1. The van der Waals surface area contributed by atoms with Crippen LogP contribution in [0.25, 0.3) is 0 Å². The Morgan fingerprint density at radius 1 is 1.19 bits per heavy atom. The van der Waals surface area contributed by atoms with Crippen molar-refractivity contribution in [1.29, 1.82) is 5.26 Å². The first kappa shape index (κ1) is 25.7. The molecule has 0 fully saturated rings. The van der Waals surface area contributed by atoms with E-state index in [0.717, 1.165) is 21.9 Å². The molecule has 4 amide bonds. The Hall–Kier alpha value is -4.37. The van der Waals surface area contributed by atoms with Crippen molar-refractivity contribution < 1.29 is 27.6 Å². The number of anilines is 1. The van der Waals surface area contributed by atoms with Gasteiger partial charge in [-0.3, -0.25) is 19.9 Å². The molecule has 9 nitrogen and oxygen atoms in total. The van der Waals surface area contributed by atoms with Gasteiger partial charge in [0.15, 0.2) is 0 Å². The third-order valence-corrected chi connectivity index (χ3v) is 6.05. The normalized spacial score (nSPS) is 18.4. The van der Waals surface area contributed by atoms with Gasteiger partial charge in [-0.1, -0.05) is 25.1 Å². The van der Waals surface area contributed by atoms with Crippen molar-refractivity contribution in [3.05, 3.63) is 76.5 Å². The zero-order valence-corrected chi connectivity index (χ0v) is 19.7. The van der Waals surface area contributed by atoms with Crippen molar-refractivity contribution in [3.63, 3.8) is 0 Å².